The van der Waals surface area contributed by atoms with Gasteiger partial charge in [-0.25, -0.2) is 9.48 Å². The molecular formula is C18H16N4O3. The average Bonchev–Trinajstić information content (AvgIpc) is 3.07. The van der Waals surface area contributed by atoms with Crippen LogP contribution in [-0.2, 0) is 11.2 Å². The molecule has 0 saturated carbocycles. The lowest BCUT2D eigenvalue weighted by Crippen LogP contribution is -2.14. The Morgan fingerprint density at radius 2 is 2.04 bits per heavy atom. The molecule has 0 aliphatic heterocycles. The normalized spacial score (nSPS) is 10.4. The summed E-state index contributed by atoms with van der Waals surface area (Å²) in [5.74, 6) is -1.25. The molecule has 7 heteroatoms. The molecule has 7 nitrogen and oxygen atoms in total. The first-order chi connectivity index (χ1) is 12.0. The monoisotopic (exact) mass is 336 g/mol. The van der Waals surface area contributed by atoms with Crippen LogP contribution in [0.5, 0.6) is 0 Å². The molecule has 0 spiro atoms. The predicted molar refractivity (Wildman–Crippen MR) is 91.8 cm³/mol. The van der Waals surface area contributed by atoms with Gasteiger partial charge in [0.1, 0.15) is 0 Å². The predicted octanol–water partition coefficient (Wildman–Crippen LogP) is 2.46. The molecule has 0 bridgehead atoms. The Labute approximate surface area is 143 Å². The van der Waals surface area contributed by atoms with Crippen molar-refractivity contribution in [3.8, 4) is 5.69 Å². The van der Waals surface area contributed by atoms with Gasteiger partial charge in [-0.1, -0.05) is 12.1 Å². The number of pyridine rings is 1. The summed E-state index contributed by atoms with van der Waals surface area (Å²) in [5, 5.41) is 15.7. The van der Waals surface area contributed by atoms with E-state index in [9.17, 15) is 9.59 Å². The lowest BCUT2D eigenvalue weighted by molar-refractivity contribution is -0.115. The first-order valence-electron chi connectivity index (χ1n) is 7.62. The highest BCUT2D eigenvalue weighted by Gasteiger charge is 2.09. The van der Waals surface area contributed by atoms with E-state index in [1.807, 2.05) is 19.1 Å². The van der Waals surface area contributed by atoms with Crippen molar-refractivity contribution >= 4 is 17.6 Å². The Kier molecular flexibility index (Phi) is 4.56. The van der Waals surface area contributed by atoms with Gasteiger partial charge in [0.25, 0.3) is 0 Å². The van der Waals surface area contributed by atoms with E-state index in [2.05, 4.69) is 15.4 Å². The number of aromatic nitrogens is 3. The van der Waals surface area contributed by atoms with E-state index < -0.39 is 5.97 Å². The minimum absolute atomic E-state index is 0.0405. The van der Waals surface area contributed by atoms with Crippen molar-refractivity contribution in [1.29, 1.82) is 0 Å². The molecule has 2 aromatic heterocycles. The second kappa shape index (κ2) is 6.96. The number of hydrogen-bond acceptors (Lipinski definition) is 4. The second-order valence-corrected chi connectivity index (χ2v) is 5.53. The summed E-state index contributed by atoms with van der Waals surface area (Å²) < 4.78 is 1.45. The fraction of sp³-hybridized carbons (Fsp3) is 0.111. The zero-order valence-electron chi connectivity index (χ0n) is 13.5. The number of carboxylic acid groups (broad SMARTS) is 1. The topological polar surface area (TPSA) is 97.1 Å². The molecule has 0 unspecified atom stereocenters. The van der Waals surface area contributed by atoms with Gasteiger partial charge in [-0.2, -0.15) is 5.10 Å². The molecule has 0 aliphatic rings. The SMILES string of the molecule is Cc1ccc(CC(=O)Nc2cccc(-n3ccc(C(=O)O)n3)c2)cn1. The van der Waals surface area contributed by atoms with Gasteiger partial charge in [-0.3, -0.25) is 9.78 Å². The van der Waals surface area contributed by atoms with Gasteiger partial charge in [0.2, 0.25) is 5.91 Å². The number of nitrogens with one attached hydrogen (secondary N) is 1. The van der Waals surface area contributed by atoms with Gasteiger partial charge in [-0.15, -0.1) is 0 Å². The Bertz CT molecular complexity index is 916. The molecule has 126 valence electrons. The van der Waals surface area contributed by atoms with Gasteiger partial charge >= 0.3 is 5.97 Å². The molecule has 0 atom stereocenters. The molecule has 2 N–H and O–H groups in total. The smallest absolute Gasteiger partial charge is 0.356 e. The fourth-order valence-corrected chi connectivity index (χ4v) is 2.30. The van der Waals surface area contributed by atoms with Crippen LogP contribution in [0, 0.1) is 6.92 Å². The summed E-state index contributed by atoms with van der Waals surface area (Å²) in [5.41, 5.74) is 2.95. The summed E-state index contributed by atoms with van der Waals surface area (Å²) in [6, 6.07) is 12.2. The van der Waals surface area contributed by atoms with Gasteiger partial charge in [0, 0.05) is 23.8 Å². The van der Waals surface area contributed by atoms with Crippen molar-refractivity contribution < 1.29 is 14.7 Å². The van der Waals surface area contributed by atoms with E-state index in [0.717, 1.165) is 11.3 Å². The van der Waals surface area contributed by atoms with E-state index in [0.29, 0.717) is 11.4 Å². The number of carbonyl (C=O) groups excluding carboxylic acids is 1. The van der Waals surface area contributed by atoms with Crippen LogP contribution in [0.25, 0.3) is 5.69 Å². The van der Waals surface area contributed by atoms with Crippen molar-refractivity contribution in [3.63, 3.8) is 0 Å². The standard InChI is InChI=1S/C18H16N4O3/c1-12-5-6-13(11-19-12)9-17(23)20-14-3-2-4-15(10-14)22-8-7-16(21-22)18(24)25/h2-8,10-11H,9H2,1H3,(H,20,23)(H,24,25). The van der Waals surface area contributed by atoms with E-state index in [1.165, 1.54) is 10.7 Å². The number of anilines is 1. The van der Waals surface area contributed by atoms with Gasteiger partial charge in [0.15, 0.2) is 5.69 Å². The van der Waals surface area contributed by atoms with Gasteiger partial charge in [0.05, 0.1) is 12.1 Å². The molecule has 0 saturated heterocycles. The van der Waals surface area contributed by atoms with Crippen LogP contribution < -0.4 is 5.32 Å². The molecule has 1 amide bonds. The zero-order chi connectivity index (χ0) is 17.8. The highest BCUT2D eigenvalue weighted by atomic mass is 16.4. The van der Waals surface area contributed by atoms with E-state index in [-0.39, 0.29) is 18.0 Å². The average molecular weight is 336 g/mol. The van der Waals surface area contributed by atoms with Crippen LogP contribution in [0.2, 0.25) is 0 Å². The first kappa shape index (κ1) is 16.4. The summed E-state index contributed by atoms with van der Waals surface area (Å²) in [6.07, 6.45) is 3.47. The number of carbonyl (C=O) groups is 2. The molecule has 0 radical (unpaired) electrons. The lowest BCUT2D eigenvalue weighted by atomic mass is 10.2. The number of aryl methyl sites for hydroxylation is 1. The van der Waals surface area contributed by atoms with Crippen LogP contribution in [0.4, 0.5) is 5.69 Å². The molecule has 0 fully saturated rings. The number of nitrogens with zero attached hydrogens (tertiary/aromatic N) is 3. The number of rotatable bonds is 5. The van der Waals surface area contributed by atoms with Gasteiger partial charge < -0.3 is 10.4 Å². The molecule has 3 aromatic rings. The minimum Gasteiger partial charge on any atom is -0.476 e. The molecular weight excluding hydrogens is 320 g/mol. The van der Waals surface area contributed by atoms with Crippen LogP contribution in [0.1, 0.15) is 21.7 Å². The van der Waals surface area contributed by atoms with E-state index >= 15 is 0 Å². The molecule has 25 heavy (non-hydrogen) atoms. The number of hydrogen-bond donors (Lipinski definition) is 2. The maximum Gasteiger partial charge on any atom is 0.356 e. The molecule has 2 heterocycles. The van der Waals surface area contributed by atoms with Crippen LogP contribution in [-0.4, -0.2) is 31.7 Å². The summed E-state index contributed by atoms with van der Waals surface area (Å²) >= 11 is 0. The van der Waals surface area contributed by atoms with Crippen LogP contribution in [0.3, 0.4) is 0 Å². The van der Waals surface area contributed by atoms with E-state index in [1.54, 1.807) is 36.7 Å². The van der Waals surface area contributed by atoms with Crippen molar-refractivity contribution in [2.75, 3.05) is 5.32 Å². The highest BCUT2D eigenvalue weighted by molar-refractivity contribution is 5.92. The van der Waals surface area contributed by atoms with Gasteiger partial charge in [-0.05, 0) is 42.8 Å². The Morgan fingerprint density at radius 3 is 2.72 bits per heavy atom. The highest BCUT2D eigenvalue weighted by Crippen LogP contribution is 2.15. The third kappa shape index (κ3) is 4.08. The summed E-state index contributed by atoms with van der Waals surface area (Å²) in [4.78, 5) is 27.3. The Hall–Kier alpha value is -3.48. The largest absolute Gasteiger partial charge is 0.476 e. The quantitative estimate of drug-likeness (QED) is 0.746. The number of carboxylic acids is 1. The molecule has 3 rings (SSSR count). The van der Waals surface area contributed by atoms with Crippen molar-refractivity contribution in [1.82, 2.24) is 14.8 Å². The maximum absolute atomic E-state index is 12.2. The molecule has 0 aliphatic carbocycles. The fourth-order valence-electron chi connectivity index (χ4n) is 2.30. The third-order valence-corrected chi connectivity index (χ3v) is 3.54. The van der Waals surface area contributed by atoms with Crippen molar-refractivity contribution in [3.05, 3.63) is 71.8 Å². The number of benzene rings is 1. The lowest BCUT2D eigenvalue weighted by Gasteiger charge is -2.08. The molecule has 1 aromatic carbocycles. The Morgan fingerprint density at radius 1 is 1.20 bits per heavy atom. The Balaban J connectivity index is 1.71. The van der Waals surface area contributed by atoms with E-state index in [4.69, 9.17) is 5.11 Å². The van der Waals surface area contributed by atoms with Crippen LogP contribution >= 0.6 is 0 Å². The summed E-state index contributed by atoms with van der Waals surface area (Å²) in [6.45, 7) is 1.89. The van der Waals surface area contributed by atoms with Crippen molar-refractivity contribution in [2.45, 2.75) is 13.3 Å². The number of amides is 1. The maximum atomic E-state index is 12.2. The second-order valence-electron chi connectivity index (χ2n) is 5.53. The van der Waals surface area contributed by atoms with Crippen molar-refractivity contribution in [2.24, 2.45) is 0 Å². The zero-order valence-corrected chi connectivity index (χ0v) is 13.5. The van der Waals surface area contributed by atoms with Crippen LogP contribution in [0.15, 0.2) is 54.9 Å². The minimum atomic E-state index is -1.09. The summed E-state index contributed by atoms with van der Waals surface area (Å²) in [7, 11) is 0. The first-order valence-corrected chi connectivity index (χ1v) is 7.62. The third-order valence-electron chi connectivity index (χ3n) is 3.54. The number of aromatic carboxylic acids is 1.